The van der Waals surface area contributed by atoms with Crippen LogP contribution in [0.2, 0.25) is 0 Å². The molecule has 0 aromatic carbocycles. The fraction of sp³-hybridized carbons (Fsp3) is 0.955. The summed E-state index contributed by atoms with van der Waals surface area (Å²) >= 11 is 0. The van der Waals surface area contributed by atoms with Crippen molar-refractivity contribution < 1.29 is 80.2 Å². The van der Waals surface area contributed by atoms with Gasteiger partial charge >= 0.3 is 39.5 Å². The van der Waals surface area contributed by atoms with Gasteiger partial charge in [-0.15, -0.1) is 0 Å². The van der Waals surface area contributed by atoms with Gasteiger partial charge < -0.3 is 33.8 Å². The first-order valence-electron chi connectivity index (χ1n) is 45.3. The van der Waals surface area contributed by atoms with Gasteiger partial charge in [0.05, 0.1) is 26.4 Å². The summed E-state index contributed by atoms with van der Waals surface area (Å²) in [6, 6.07) is 0. The van der Waals surface area contributed by atoms with Crippen LogP contribution in [-0.2, 0) is 65.4 Å². The lowest BCUT2D eigenvalue weighted by atomic mass is 9.99. The van der Waals surface area contributed by atoms with Gasteiger partial charge in [-0.2, -0.15) is 0 Å². The summed E-state index contributed by atoms with van der Waals surface area (Å²) in [6.45, 7) is 14.4. The molecule has 0 radical (unpaired) electrons. The third-order valence-corrected chi connectivity index (χ3v) is 23.6. The van der Waals surface area contributed by atoms with E-state index in [9.17, 15) is 43.2 Å². The summed E-state index contributed by atoms with van der Waals surface area (Å²) in [5.41, 5.74) is 0. The van der Waals surface area contributed by atoms with Gasteiger partial charge in [0.1, 0.15) is 19.3 Å². The van der Waals surface area contributed by atoms with Crippen LogP contribution in [0.15, 0.2) is 0 Å². The number of phosphoric acid groups is 2. The van der Waals surface area contributed by atoms with Crippen LogP contribution >= 0.6 is 15.6 Å². The first-order chi connectivity index (χ1) is 51.7. The van der Waals surface area contributed by atoms with E-state index < -0.39 is 97.5 Å². The fourth-order valence-electron chi connectivity index (χ4n) is 13.6. The number of hydrogen-bond donors (Lipinski definition) is 3. The van der Waals surface area contributed by atoms with Gasteiger partial charge in [0.25, 0.3) is 0 Å². The second kappa shape index (κ2) is 76.7. The van der Waals surface area contributed by atoms with E-state index in [4.69, 9.17) is 37.0 Å². The lowest BCUT2D eigenvalue weighted by molar-refractivity contribution is -0.161. The zero-order valence-corrected chi connectivity index (χ0v) is 72.6. The van der Waals surface area contributed by atoms with Gasteiger partial charge in [0.15, 0.2) is 12.2 Å². The van der Waals surface area contributed by atoms with Crippen molar-refractivity contribution >= 4 is 39.5 Å². The lowest BCUT2D eigenvalue weighted by Crippen LogP contribution is -2.30. The first kappa shape index (κ1) is 105. The molecule has 0 spiro atoms. The molecule has 0 aromatic heterocycles. The highest BCUT2D eigenvalue weighted by molar-refractivity contribution is 7.47. The van der Waals surface area contributed by atoms with Crippen molar-refractivity contribution in [2.45, 2.75) is 478 Å². The fourth-order valence-corrected chi connectivity index (χ4v) is 15.2. The highest BCUT2D eigenvalue weighted by atomic mass is 31.2. The SMILES string of the molecule is CCC(C)CCCCCCCCCCCCCCCCCCCCC(=O)O[C@H](COC(=O)CCCCCCCCCCCCC(C)CC)COP(=O)(O)OC[C@@H](O)COP(=O)(O)OC[C@@H](COC(=O)CCCCCCCCC(C)CC)OC(=O)CCCCCCCCCCCCCCCCCCCCC(C)C. The predicted molar refractivity (Wildman–Crippen MR) is 441 cm³/mol. The van der Waals surface area contributed by atoms with Crippen molar-refractivity contribution in [1.82, 2.24) is 0 Å². The highest BCUT2D eigenvalue weighted by Gasteiger charge is 2.31. The van der Waals surface area contributed by atoms with Gasteiger partial charge in [-0.1, -0.05) is 409 Å². The van der Waals surface area contributed by atoms with Crippen LogP contribution in [0.3, 0.4) is 0 Å². The first-order valence-corrected chi connectivity index (χ1v) is 48.3. The molecule has 0 aliphatic carbocycles. The number of phosphoric ester groups is 2. The molecule has 0 heterocycles. The largest absolute Gasteiger partial charge is 0.472 e. The van der Waals surface area contributed by atoms with E-state index in [-0.39, 0.29) is 25.7 Å². The molecule has 0 fully saturated rings. The number of unbranched alkanes of at least 4 members (excludes halogenated alkanes) is 48. The maximum atomic E-state index is 13.1. The van der Waals surface area contributed by atoms with E-state index in [1.54, 1.807) is 0 Å². The van der Waals surface area contributed by atoms with Gasteiger partial charge in [-0.05, 0) is 49.4 Å². The van der Waals surface area contributed by atoms with E-state index >= 15 is 0 Å². The summed E-state index contributed by atoms with van der Waals surface area (Å²) in [5, 5.41) is 10.7. The van der Waals surface area contributed by atoms with Gasteiger partial charge in [-0.25, -0.2) is 9.13 Å². The van der Waals surface area contributed by atoms with Crippen molar-refractivity contribution in [3.8, 4) is 0 Å². The van der Waals surface area contributed by atoms with E-state index in [0.717, 1.165) is 120 Å². The summed E-state index contributed by atoms with van der Waals surface area (Å²) in [6.07, 6.45) is 66.7. The van der Waals surface area contributed by atoms with E-state index in [1.807, 2.05) is 0 Å². The minimum atomic E-state index is -4.97. The van der Waals surface area contributed by atoms with E-state index in [2.05, 4.69) is 55.4 Å². The van der Waals surface area contributed by atoms with Crippen LogP contribution in [0.4, 0.5) is 0 Å². The van der Waals surface area contributed by atoms with E-state index in [1.165, 1.54) is 257 Å². The maximum Gasteiger partial charge on any atom is 0.472 e. The molecular weight excluding hydrogens is 1390 g/mol. The summed E-state index contributed by atoms with van der Waals surface area (Å²) in [7, 11) is -9.93. The Bertz CT molecular complexity index is 2080. The van der Waals surface area contributed by atoms with E-state index in [0.29, 0.717) is 25.7 Å². The molecule has 0 rings (SSSR count). The number of carbonyl (C=O) groups excluding carboxylic acids is 4. The zero-order valence-electron chi connectivity index (χ0n) is 70.8. The third kappa shape index (κ3) is 77.8. The Morgan fingerprint density at radius 1 is 0.262 bits per heavy atom. The smallest absolute Gasteiger partial charge is 0.462 e. The topological polar surface area (TPSA) is 237 Å². The quantitative estimate of drug-likeness (QED) is 0.0222. The van der Waals surface area contributed by atoms with Crippen molar-refractivity contribution in [3.05, 3.63) is 0 Å². The van der Waals surface area contributed by atoms with Gasteiger partial charge in [0.2, 0.25) is 0 Å². The molecule has 0 aliphatic heterocycles. The Morgan fingerprint density at radius 2 is 0.449 bits per heavy atom. The van der Waals surface area contributed by atoms with Crippen molar-refractivity contribution in [2.24, 2.45) is 23.7 Å². The molecule has 3 N–H and O–H groups in total. The molecule has 0 saturated heterocycles. The molecule has 19 heteroatoms. The maximum absolute atomic E-state index is 13.1. The average molecular weight is 1560 g/mol. The van der Waals surface area contributed by atoms with Crippen molar-refractivity contribution in [1.29, 1.82) is 0 Å². The molecule has 0 saturated carbocycles. The van der Waals surface area contributed by atoms with Crippen LogP contribution in [-0.4, -0.2) is 96.7 Å². The second-order valence-electron chi connectivity index (χ2n) is 32.8. The van der Waals surface area contributed by atoms with Crippen LogP contribution in [0.25, 0.3) is 0 Å². The molecule has 0 aliphatic rings. The summed E-state index contributed by atoms with van der Waals surface area (Å²) in [4.78, 5) is 73.3. The molecule has 0 amide bonds. The van der Waals surface area contributed by atoms with Gasteiger partial charge in [0, 0.05) is 25.7 Å². The van der Waals surface area contributed by atoms with Gasteiger partial charge in [-0.3, -0.25) is 37.3 Å². The molecule has 107 heavy (non-hydrogen) atoms. The molecule has 8 atom stereocenters. The number of aliphatic hydroxyl groups is 1. The Hall–Kier alpha value is -1.94. The third-order valence-electron chi connectivity index (χ3n) is 21.7. The van der Waals surface area contributed by atoms with Crippen LogP contribution in [0.5, 0.6) is 0 Å². The van der Waals surface area contributed by atoms with Crippen molar-refractivity contribution in [3.63, 3.8) is 0 Å². The molecule has 0 aromatic rings. The lowest BCUT2D eigenvalue weighted by Gasteiger charge is -2.21. The summed E-state index contributed by atoms with van der Waals surface area (Å²) < 4.78 is 68.9. The van der Waals surface area contributed by atoms with Crippen LogP contribution in [0.1, 0.15) is 460 Å². The Labute approximate surface area is 658 Å². The Morgan fingerprint density at radius 3 is 0.664 bits per heavy atom. The standard InChI is InChI=1S/C88H172O17P2/c1-9-79(6)65-57-49-41-35-29-25-21-17-13-15-19-23-27-31-39-45-54-62-70-87(92)104-83(74-98-85(90)68-60-52-43-37-33-32-36-42-50-58-66-80(7)10-2)76-102-106(94,95)100-72-82(89)73-101-107(96,97)103-77-84(75-99-86(91)69-61-53-47-46-51-59-67-81(8)11-3)105-88(93)71-63-55-44-38-30-26-22-18-14-12-16-20-24-28-34-40-48-56-64-78(4)5/h78-84,89H,9-77H2,1-8H3,(H,94,95)(H,96,97)/t79?,80?,81?,82-,83-,84-/m1/s1. The number of ether oxygens (including phenoxy) is 4. The number of hydrogen-bond acceptors (Lipinski definition) is 15. The molecular formula is C88H172O17P2. The van der Waals surface area contributed by atoms with Crippen LogP contribution in [0, 0.1) is 23.7 Å². The number of rotatable bonds is 85. The minimum Gasteiger partial charge on any atom is -0.462 e. The zero-order chi connectivity index (χ0) is 78.8. The number of carbonyl (C=O) groups is 4. The molecule has 5 unspecified atom stereocenters. The Balaban J connectivity index is 5.20. The summed E-state index contributed by atoms with van der Waals surface area (Å²) in [5.74, 6) is 1.12. The minimum absolute atomic E-state index is 0.107. The molecule has 636 valence electrons. The number of aliphatic hydroxyl groups excluding tert-OH is 1. The Kier molecular flexibility index (Phi) is 75.3. The monoisotopic (exact) mass is 1560 g/mol. The average Bonchev–Trinajstić information content (AvgIpc) is 0.916. The number of esters is 4. The normalized spacial score (nSPS) is 14.7. The molecule has 0 bridgehead atoms. The van der Waals surface area contributed by atoms with Crippen molar-refractivity contribution in [2.75, 3.05) is 39.6 Å². The second-order valence-corrected chi connectivity index (χ2v) is 35.7. The molecule has 17 nitrogen and oxygen atoms in total. The predicted octanol–water partition coefficient (Wildman–Crippen LogP) is 26.7. The van der Waals surface area contributed by atoms with Crippen LogP contribution < -0.4 is 0 Å². The highest BCUT2D eigenvalue weighted by Crippen LogP contribution is 2.45.